The normalized spacial score (nSPS) is 14.5. The molecule has 1 heterocycles. The molecule has 0 unspecified atom stereocenters. The first-order valence-corrected chi connectivity index (χ1v) is 7.67. The first-order valence-electron chi connectivity index (χ1n) is 6.53. The number of halogens is 3. The number of rotatable bonds is 1. The number of benzene rings is 2. The smallest absolute Gasteiger partial charge is 0.248 e. The van der Waals surface area contributed by atoms with Gasteiger partial charge in [-0.05, 0) is 30.3 Å². The second-order valence-electron chi connectivity index (χ2n) is 4.91. The minimum Gasteiger partial charge on any atom is -0.313 e. The molecule has 2 aromatic carbocycles. The Bertz CT molecular complexity index is 802. The summed E-state index contributed by atoms with van der Waals surface area (Å²) in [7, 11) is 1.72. The maximum atomic E-state index is 12.1. The number of anilines is 1. The summed E-state index contributed by atoms with van der Waals surface area (Å²) in [5.41, 5.74) is 3.02. The van der Waals surface area contributed by atoms with Crippen molar-refractivity contribution in [3.05, 3.63) is 62.6 Å². The molecular formula is C16H11Cl3N2O. The SMILES string of the molecule is CN1C(=O)CN=C(c2ccc(Cl)c(Cl)c2)c2cc(Cl)ccc21. The molecule has 1 aliphatic rings. The zero-order valence-electron chi connectivity index (χ0n) is 11.6. The molecule has 0 aromatic heterocycles. The fraction of sp³-hybridized carbons (Fsp3) is 0.125. The van der Waals surface area contributed by atoms with Gasteiger partial charge in [-0.15, -0.1) is 0 Å². The van der Waals surface area contributed by atoms with Crippen LogP contribution in [-0.2, 0) is 4.79 Å². The highest BCUT2D eigenvalue weighted by Gasteiger charge is 2.23. The second kappa shape index (κ2) is 5.92. The van der Waals surface area contributed by atoms with Crippen LogP contribution in [0.15, 0.2) is 41.4 Å². The van der Waals surface area contributed by atoms with Crippen molar-refractivity contribution in [2.24, 2.45) is 4.99 Å². The van der Waals surface area contributed by atoms with E-state index in [2.05, 4.69) is 4.99 Å². The molecule has 6 heteroatoms. The number of aliphatic imine (C=N–C) groups is 1. The van der Waals surface area contributed by atoms with E-state index in [1.807, 2.05) is 12.1 Å². The van der Waals surface area contributed by atoms with Crippen molar-refractivity contribution in [3.63, 3.8) is 0 Å². The number of carbonyl (C=O) groups is 1. The lowest BCUT2D eigenvalue weighted by molar-refractivity contribution is -0.116. The molecule has 1 aliphatic heterocycles. The summed E-state index contributed by atoms with van der Waals surface area (Å²) in [4.78, 5) is 18.1. The van der Waals surface area contributed by atoms with E-state index in [0.29, 0.717) is 20.8 Å². The molecule has 0 atom stereocenters. The predicted octanol–water partition coefficient (Wildman–Crippen LogP) is 4.46. The molecule has 1 amide bonds. The molecule has 112 valence electrons. The Morgan fingerprint density at radius 2 is 1.82 bits per heavy atom. The third kappa shape index (κ3) is 2.72. The fourth-order valence-corrected chi connectivity index (χ4v) is 2.82. The standard InChI is InChI=1S/C16H11Cl3N2O/c1-21-14-5-3-10(17)7-11(14)16(20-8-15(21)22)9-2-4-12(18)13(19)6-9/h2-7H,8H2,1H3. The summed E-state index contributed by atoms with van der Waals surface area (Å²) in [5.74, 6) is -0.0846. The van der Waals surface area contributed by atoms with Crippen LogP contribution in [0.2, 0.25) is 15.1 Å². The number of nitrogens with zero attached hydrogens (tertiary/aromatic N) is 2. The van der Waals surface area contributed by atoms with Gasteiger partial charge in [-0.2, -0.15) is 0 Å². The molecule has 2 aromatic rings. The van der Waals surface area contributed by atoms with Gasteiger partial charge in [-0.25, -0.2) is 0 Å². The zero-order valence-corrected chi connectivity index (χ0v) is 13.9. The number of benzodiazepines with no additional fused rings is 1. The Labute approximate surface area is 143 Å². The molecule has 3 nitrogen and oxygen atoms in total. The number of hydrogen-bond donors (Lipinski definition) is 0. The summed E-state index contributed by atoms with van der Waals surface area (Å²) in [6, 6.07) is 10.6. The fourth-order valence-electron chi connectivity index (χ4n) is 2.35. The lowest BCUT2D eigenvalue weighted by Crippen LogP contribution is -2.27. The third-order valence-electron chi connectivity index (χ3n) is 3.51. The third-order valence-corrected chi connectivity index (χ3v) is 4.49. The minimum absolute atomic E-state index is 0.0678. The number of fused-ring (bicyclic) bond motifs is 1. The first kappa shape index (κ1) is 15.3. The van der Waals surface area contributed by atoms with Crippen molar-refractivity contribution in [2.75, 3.05) is 18.5 Å². The van der Waals surface area contributed by atoms with Crippen molar-refractivity contribution in [3.8, 4) is 0 Å². The second-order valence-corrected chi connectivity index (χ2v) is 6.16. The van der Waals surface area contributed by atoms with Crippen molar-refractivity contribution in [2.45, 2.75) is 0 Å². The quantitative estimate of drug-likeness (QED) is 0.745. The maximum Gasteiger partial charge on any atom is 0.248 e. The van der Waals surface area contributed by atoms with Gasteiger partial charge in [-0.3, -0.25) is 9.79 Å². The summed E-state index contributed by atoms with van der Waals surface area (Å²) in [5, 5.41) is 1.49. The van der Waals surface area contributed by atoms with Gasteiger partial charge in [0.2, 0.25) is 5.91 Å². The zero-order chi connectivity index (χ0) is 15.9. The van der Waals surface area contributed by atoms with E-state index in [-0.39, 0.29) is 12.5 Å². The van der Waals surface area contributed by atoms with Crippen LogP contribution in [0.5, 0.6) is 0 Å². The highest BCUT2D eigenvalue weighted by Crippen LogP contribution is 2.30. The average Bonchev–Trinajstić information content (AvgIpc) is 2.61. The number of hydrogen-bond acceptors (Lipinski definition) is 2. The van der Waals surface area contributed by atoms with Crippen molar-refractivity contribution in [1.29, 1.82) is 0 Å². The molecule has 0 saturated heterocycles. The van der Waals surface area contributed by atoms with E-state index in [1.165, 1.54) is 0 Å². The molecule has 3 rings (SSSR count). The summed E-state index contributed by atoms with van der Waals surface area (Å²) in [6.07, 6.45) is 0. The Kier molecular flexibility index (Phi) is 4.13. The van der Waals surface area contributed by atoms with Crippen LogP contribution in [0.4, 0.5) is 5.69 Å². The van der Waals surface area contributed by atoms with Gasteiger partial charge in [0, 0.05) is 23.2 Å². The molecule has 22 heavy (non-hydrogen) atoms. The van der Waals surface area contributed by atoms with Crippen LogP contribution in [0.1, 0.15) is 11.1 Å². The number of likely N-dealkylation sites (N-methyl/N-ethyl adjacent to an activating group) is 1. The van der Waals surface area contributed by atoms with Gasteiger partial charge in [0.25, 0.3) is 0 Å². The largest absolute Gasteiger partial charge is 0.313 e. The van der Waals surface area contributed by atoms with Gasteiger partial charge < -0.3 is 4.90 Å². The topological polar surface area (TPSA) is 32.7 Å². The lowest BCUT2D eigenvalue weighted by Gasteiger charge is -2.18. The van der Waals surface area contributed by atoms with Gasteiger partial charge in [0.1, 0.15) is 6.54 Å². The molecule has 0 N–H and O–H groups in total. The van der Waals surface area contributed by atoms with E-state index in [1.54, 1.807) is 36.2 Å². The molecule has 0 saturated carbocycles. The summed E-state index contributed by atoms with van der Waals surface area (Å²) in [6.45, 7) is 0.0678. The van der Waals surface area contributed by atoms with Crippen molar-refractivity contribution in [1.82, 2.24) is 0 Å². The van der Waals surface area contributed by atoms with Gasteiger partial charge >= 0.3 is 0 Å². The van der Waals surface area contributed by atoms with Crippen LogP contribution in [0, 0.1) is 0 Å². The van der Waals surface area contributed by atoms with Crippen LogP contribution in [-0.4, -0.2) is 25.2 Å². The van der Waals surface area contributed by atoms with E-state index in [4.69, 9.17) is 34.8 Å². The van der Waals surface area contributed by atoms with Crippen molar-refractivity contribution >= 4 is 52.1 Å². The van der Waals surface area contributed by atoms with E-state index < -0.39 is 0 Å². The Morgan fingerprint density at radius 3 is 2.55 bits per heavy atom. The lowest BCUT2D eigenvalue weighted by atomic mass is 10.0. The Morgan fingerprint density at radius 1 is 1.05 bits per heavy atom. The predicted molar refractivity (Wildman–Crippen MR) is 91.8 cm³/mol. The number of carbonyl (C=O) groups excluding carboxylic acids is 1. The molecule has 0 bridgehead atoms. The first-order chi connectivity index (χ1) is 10.5. The van der Waals surface area contributed by atoms with Gasteiger partial charge in [-0.1, -0.05) is 40.9 Å². The highest BCUT2D eigenvalue weighted by molar-refractivity contribution is 6.42. The maximum absolute atomic E-state index is 12.1. The van der Waals surface area contributed by atoms with Crippen LogP contribution < -0.4 is 4.90 Å². The summed E-state index contributed by atoms with van der Waals surface area (Å²) < 4.78 is 0. The molecular weight excluding hydrogens is 343 g/mol. The van der Waals surface area contributed by atoms with Gasteiger partial charge in [0.15, 0.2) is 0 Å². The summed E-state index contributed by atoms with van der Waals surface area (Å²) >= 11 is 18.2. The Hall–Kier alpha value is -1.55. The molecule has 0 fully saturated rings. The minimum atomic E-state index is -0.0846. The van der Waals surface area contributed by atoms with Crippen LogP contribution in [0.25, 0.3) is 0 Å². The monoisotopic (exact) mass is 352 g/mol. The molecule has 0 radical (unpaired) electrons. The van der Waals surface area contributed by atoms with Gasteiger partial charge in [0.05, 0.1) is 21.4 Å². The van der Waals surface area contributed by atoms with Crippen LogP contribution >= 0.6 is 34.8 Å². The van der Waals surface area contributed by atoms with E-state index in [9.17, 15) is 4.79 Å². The highest BCUT2D eigenvalue weighted by atomic mass is 35.5. The Balaban J connectivity index is 2.22. The average molecular weight is 354 g/mol. The molecule has 0 spiro atoms. The van der Waals surface area contributed by atoms with E-state index in [0.717, 1.165) is 16.8 Å². The molecule has 0 aliphatic carbocycles. The van der Waals surface area contributed by atoms with Crippen LogP contribution in [0.3, 0.4) is 0 Å². The van der Waals surface area contributed by atoms with Crippen molar-refractivity contribution < 1.29 is 4.79 Å². The number of amides is 1. The van der Waals surface area contributed by atoms with E-state index >= 15 is 0 Å².